The highest BCUT2D eigenvalue weighted by atomic mass is 16.2. The number of nitrogens with zero attached hydrogens (tertiary/aromatic N) is 4. The van der Waals surface area contributed by atoms with Gasteiger partial charge < -0.3 is 10.2 Å². The van der Waals surface area contributed by atoms with E-state index in [-0.39, 0.29) is 6.03 Å². The molecule has 1 heterocycles. The van der Waals surface area contributed by atoms with E-state index in [1.54, 1.807) is 16.6 Å². The number of carbonyl (C=O) groups is 1. The fourth-order valence-electron chi connectivity index (χ4n) is 2.72. The van der Waals surface area contributed by atoms with Crippen LogP contribution in [0.1, 0.15) is 23.6 Å². The third kappa shape index (κ3) is 3.44. The van der Waals surface area contributed by atoms with Crippen LogP contribution < -0.4 is 5.32 Å². The summed E-state index contributed by atoms with van der Waals surface area (Å²) < 4.78 is 1.63. The van der Waals surface area contributed by atoms with Gasteiger partial charge in [-0.3, -0.25) is 4.68 Å². The number of nitrogens with one attached hydrogen (secondary N) is 1. The molecule has 1 fully saturated rings. The highest BCUT2D eigenvalue weighted by Crippen LogP contribution is 2.46. The summed E-state index contributed by atoms with van der Waals surface area (Å²) in [4.78, 5) is 13.7. The number of aromatic nitrogens is 3. The predicted molar refractivity (Wildman–Crippen MR) is 83.2 cm³/mol. The van der Waals surface area contributed by atoms with E-state index in [2.05, 4.69) is 39.9 Å². The standard InChI is InChI=1S/C16H21N5O/c1-20(10-14-11-21(2)19-18-14)16(22)17-9-13-8-15(13)12-6-4-3-5-7-12/h3-7,11,13,15H,8-10H2,1-2H3,(H,17,22)/t13-,15-/m0/s1. The van der Waals surface area contributed by atoms with E-state index in [1.807, 2.05) is 19.3 Å². The molecule has 2 amide bonds. The van der Waals surface area contributed by atoms with Gasteiger partial charge in [0.05, 0.1) is 6.54 Å². The minimum atomic E-state index is -0.0654. The highest BCUT2D eigenvalue weighted by Gasteiger charge is 2.38. The van der Waals surface area contributed by atoms with Crippen molar-refractivity contribution in [1.82, 2.24) is 25.2 Å². The molecule has 1 saturated carbocycles. The Labute approximate surface area is 130 Å². The van der Waals surface area contributed by atoms with Crippen LogP contribution in [0.3, 0.4) is 0 Å². The molecule has 6 heteroatoms. The van der Waals surface area contributed by atoms with Crippen LogP contribution in [-0.4, -0.2) is 39.5 Å². The fourth-order valence-corrected chi connectivity index (χ4v) is 2.72. The van der Waals surface area contributed by atoms with Crippen LogP contribution >= 0.6 is 0 Å². The first kappa shape index (κ1) is 14.6. The first-order chi connectivity index (χ1) is 10.6. The Hall–Kier alpha value is -2.37. The molecule has 1 aromatic heterocycles. The van der Waals surface area contributed by atoms with E-state index in [0.717, 1.165) is 18.7 Å². The van der Waals surface area contributed by atoms with Gasteiger partial charge in [-0.05, 0) is 23.8 Å². The number of carbonyl (C=O) groups excluding carboxylic acids is 1. The quantitative estimate of drug-likeness (QED) is 0.915. The Morgan fingerprint density at radius 2 is 2.18 bits per heavy atom. The van der Waals surface area contributed by atoms with E-state index in [1.165, 1.54) is 5.56 Å². The van der Waals surface area contributed by atoms with Crippen molar-refractivity contribution in [3.63, 3.8) is 0 Å². The van der Waals surface area contributed by atoms with Gasteiger partial charge in [0.15, 0.2) is 0 Å². The molecule has 2 aromatic rings. The molecule has 6 nitrogen and oxygen atoms in total. The average Bonchev–Trinajstić information content (AvgIpc) is 3.20. The fraction of sp³-hybridized carbons (Fsp3) is 0.438. The Kier molecular flexibility index (Phi) is 4.09. The van der Waals surface area contributed by atoms with Gasteiger partial charge in [0, 0.05) is 26.8 Å². The molecule has 0 spiro atoms. The van der Waals surface area contributed by atoms with Crippen LogP contribution in [-0.2, 0) is 13.6 Å². The Morgan fingerprint density at radius 3 is 2.86 bits per heavy atom. The maximum Gasteiger partial charge on any atom is 0.317 e. The zero-order valence-electron chi connectivity index (χ0n) is 12.9. The van der Waals surface area contributed by atoms with Gasteiger partial charge in [-0.15, -0.1) is 5.10 Å². The SMILES string of the molecule is CN(Cc1cn(C)nn1)C(=O)NC[C@@H]1C[C@H]1c1ccccc1. The minimum absolute atomic E-state index is 0.0654. The van der Waals surface area contributed by atoms with Crippen LogP contribution in [0.15, 0.2) is 36.5 Å². The smallest absolute Gasteiger partial charge is 0.317 e. The normalized spacial score (nSPS) is 19.7. The number of amides is 2. The Bertz CT molecular complexity index is 639. The van der Waals surface area contributed by atoms with Gasteiger partial charge >= 0.3 is 6.03 Å². The molecule has 0 unspecified atom stereocenters. The van der Waals surface area contributed by atoms with Gasteiger partial charge in [-0.25, -0.2) is 4.79 Å². The first-order valence-electron chi connectivity index (χ1n) is 7.52. The van der Waals surface area contributed by atoms with Crippen LogP contribution in [0.4, 0.5) is 4.79 Å². The molecule has 1 aromatic carbocycles. The second-order valence-electron chi connectivity index (χ2n) is 5.94. The molecule has 3 rings (SSSR count). The first-order valence-corrected chi connectivity index (χ1v) is 7.52. The van der Waals surface area contributed by atoms with Crippen molar-refractivity contribution in [3.05, 3.63) is 47.8 Å². The molecule has 22 heavy (non-hydrogen) atoms. The Morgan fingerprint density at radius 1 is 1.41 bits per heavy atom. The van der Waals surface area contributed by atoms with Gasteiger partial charge in [0.1, 0.15) is 5.69 Å². The van der Waals surface area contributed by atoms with Crippen LogP contribution in [0.5, 0.6) is 0 Å². The summed E-state index contributed by atoms with van der Waals surface area (Å²) in [6.45, 7) is 1.19. The van der Waals surface area contributed by atoms with Crippen LogP contribution in [0.25, 0.3) is 0 Å². The van der Waals surface area contributed by atoms with Crippen molar-refractivity contribution < 1.29 is 4.79 Å². The van der Waals surface area contributed by atoms with Crippen LogP contribution in [0.2, 0.25) is 0 Å². The van der Waals surface area contributed by atoms with Crippen molar-refractivity contribution in [2.24, 2.45) is 13.0 Å². The summed E-state index contributed by atoms with van der Waals surface area (Å²) in [7, 11) is 3.58. The van der Waals surface area contributed by atoms with Crippen molar-refractivity contribution in [2.75, 3.05) is 13.6 Å². The van der Waals surface area contributed by atoms with Gasteiger partial charge in [0.2, 0.25) is 0 Å². The molecule has 0 radical (unpaired) electrons. The van der Waals surface area contributed by atoms with E-state index in [9.17, 15) is 4.79 Å². The molecule has 0 bridgehead atoms. The van der Waals surface area contributed by atoms with E-state index in [4.69, 9.17) is 0 Å². The monoisotopic (exact) mass is 299 g/mol. The summed E-state index contributed by atoms with van der Waals surface area (Å²) in [5.74, 6) is 1.14. The lowest BCUT2D eigenvalue weighted by Crippen LogP contribution is -2.38. The summed E-state index contributed by atoms with van der Waals surface area (Å²) >= 11 is 0. The van der Waals surface area contributed by atoms with Crippen molar-refractivity contribution in [2.45, 2.75) is 18.9 Å². The van der Waals surface area contributed by atoms with Crippen molar-refractivity contribution >= 4 is 6.03 Å². The van der Waals surface area contributed by atoms with Gasteiger partial charge in [0.25, 0.3) is 0 Å². The maximum absolute atomic E-state index is 12.1. The molecule has 1 aliphatic carbocycles. The average molecular weight is 299 g/mol. The molecular weight excluding hydrogens is 278 g/mol. The number of rotatable bonds is 5. The van der Waals surface area contributed by atoms with E-state index in [0.29, 0.717) is 18.4 Å². The molecule has 2 atom stereocenters. The lowest BCUT2D eigenvalue weighted by Gasteiger charge is -2.16. The minimum Gasteiger partial charge on any atom is -0.338 e. The molecule has 0 saturated heterocycles. The molecule has 116 valence electrons. The molecular formula is C16H21N5O. The highest BCUT2D eigenvalue weighted by molar-refractivity contribution is 5.73. The zero-order valence-corrected chi connectivity index (χ0v) is 12.9. The van der Waals surface area contributed by atoms with Gasteiger partial charge in [-0.1, -0.05) is 35.5 Å². The zero-order chi connectivity index (χ0) is 15.5. The summed E-state index contributed by atoms with van der Waals surface area (Å²) in [5, 5.41) is 10.9. The van der Waals surface area contributed by atoms with Crippen molar-refractivity contribution in [1.29, 1.82) is 0 Å². The number of aryl methyl sites for hydroxylation is 1. The molecule has 1 N–H and O–H groups in total. The summed E-state index contributed by atoms with van der Waals surface area (Å²) in [6, 6.07) is 10.4. The number of urea groups is 1. The maximum atomic E-state index is 12.1. The van der Waals surface area contributed by atoms with Crippen molar-refractivity contribution in [3.8, 4) is 0 Å². The number of hydrogen-bond donors (Lipinski definition) is 1. The third-order valence-corrected chi connectivity index (χ3v) is 4.06. The largest absolute Gasteiger partial charge is 0.338 e. The molecule has 1 aliphatic rings. The Balaban J connectivity index is 1.43. The predicted octanol–water partition coefficient (Wildman–Crippen LogP) is 1.76. The number of benzene rings is 1. The van der Waals surface area contributed by atoms with Gasteiger partial charge in [-0.2, -0.15) is 0 Å². The third-order valence-electron chi connectivity index (χ3n) is 4.06. The second-order valence-corrected chi connectivity index (χ2v) is 5.94. The molecule has 0 aliphatic heterocycles. The lowest BCUT2D eigenvalue weighted by molar-refractivity contribution is 0.206. The van der Waals surface area contributed by atoms with E-state index < -0.39 is 0 Å². The number of hydrogen-bond acceptors (Lipinski definition) is 3. The second kappa shape index (κ2) is 6.17. The lowest BCUT2D eigenvalue weighted by atomic mass is 10.1. The summed E-state index contributed by atoms with van der Waals surface area (Å²) in [6.07, 6.45) is 2.97. The van der Waals surface area contributed by atoms with E-state index >= 15 is 0 Å². The topological polar surface area (TPSA) is 63.1 Å². The van der Waals surface area contributed by atoms with Crippen LogP contribution in [0, 0.1) is 5.92 Å². The summed E-state index contributed by atoms with van der Waals surface area (Å²) in [5.41, 5.74) is 2.16.